The zero-order chi connectivity index (χ0) is 15.6. The molecule has 0 aliphatic carbocycles. The van der Waals surface area contributed by atoms with E-state index in [0.29, 0.717) is 11.5 Å². The summed E-state index contributed by atoms with van der Waals surface area (Å²) in [5, 5.41) is 0. The van der Waals surface area contributed by atoms with Crippen molar-refractivity contribution in [2.24, 2.45) is 5.41 Å². The summed E-state index contributed by atoms with van der Waals surface area (Å²) in [5.74, 6) is 1.13. The van der Waals surface area contributed by atoms with Crippen molar-refractivity contribution in [1.82, 2.24) is 9.88 Å². The maximum absolute atomic E-state index is 5.29. The lowest BCUT2D eigenvalue weighted by Crippen LogP contribution is -2.56. The number of hydrogen-bond donors (Lipinski definition) is 0. The molecule has 2 aliphatic heterocycles. The Hall–Kier alpha value is -1.13. The van der Waals surface area contributed by atoms with Crippen LogP contribution < -0.4 is 4.90 Å². The topological polar surface area (TPSA) is 28.6 Å². The predicted molar refractivity (Wildman–Crippen MR) is 90.4 cm³/mol. The number of aromatic nitrogens is 1. The minimum atomic E-state index is 0.361. The van der Waals surface area contributed by atoms with Crippen LogP contribution in [0.15, 0.2) is 18.3 Å². The van der Waals surface area contributed by atoms with Gasteiger partial charge in [-0.15, -0.1) is 0 Å². The highest BCUT2D eigenvalue weighted by atomic mass is 16.5. The molecule has 0 saturated carbocycles. The van der Waals surface area contributed by atoms with Crippen LogP contribution >= 0.6 is 0 Å². The van der Waals surface area contributed by atoms with Crippen LogP contribution in [0.2, 0.25) is 0 Å². The minimum absolute atomic E-state index is 0.361. The summed E-state index contributed by atoms with van der Waals surface area (Å²) in [6, 6.07) is 5.11. The van der Waals surface area contributed by atoms with Crippen LogP contribution in [0.25, 0.3) is 0 Å². The summed E-state index contributed by atoms with van der Waals surface area (Å²) >= 11 is 0. The van der Waals surface area contributed by atoms with E-state index in [-0.39, 0.29) is 0 Å². The molecule has 0 N–H and O–H groups in total. The molecule has 0 unspecified atom stereocenters. The Kier molecular flexibility index (Phi) is 4.69. The molecule has 1 aromatic heterocycles. The molecule has 1 aromatic rings. The number of pyridine rings is 1. The van der Waals surface area contributed by atoms with Gasteiger partial charge in [0.1, 0.15) is 5.82 Å². The van der Waals surface area contributed by atoms with E-state index >= 15 is 0 Å². The van der Waals surface area contributed by atoms with Gasteiger partial charge in [0, 0.05) is 32.4 Å². The molecule has 0 atom stereocenters. The van der Waals surface area contributed by atoms with Gasteiger partial charge in [-0.3, -0.25) is 4.90 Å². The van der Waals surface area contributed by atoms with Crippen molar-refractivity contribution in [2.75, 3.05) is 44.3 Å². The number of anilines is 1. The van der Waals surface area contributed by atoms with Crippen LogP contribution in [0.3, 0.4) is 0 Å². The van der Waals surface area contributed by atoms with Gasteiger partial charge in [-0.2, -0.15) is 0 Å². The lowest BCUT2D eigenvalue weighted by Gasteiger charge is -2.42. The van der Waals surface area contributed by atoms with Crippen molar-refractivity contribution in [3.63, 3.8) is 0 Å². The summed E-state index contributed by atoms with van der Waals surface area (Å²) in [7, 11) is 0. The molecular weight excluding hydrogens is 274 g/mol. The summed E-state index contributed by atoms with van der Waals surface area (Å²) in [6.07, 6.45) is 4.37. The Morgan fingerprint density at radius 2 is 1.91 bits per heavy atom. The Morgan fingerprint density at radius 3 is 2.41 bits per heavy atom. The highest BCUT2D eigenvalue weighted by Crippen LogP contribution is 2.26. The molecule has 4 heteroatoms. The summed E-state index contributed by atoms with van der Waals surface area (Å²) in [5.41, 5.74) is 1.71. The molecular formula is C18H29N3O. The maximum atomic E-state index is 5.29. The highest BCUT2D eigenvalue weighted by molar-refractivity contribution is 5.40. The first-order valence-electron chi connectivity index (χ1n) is 8.59. The Bertz CT molecular complexity index is 474. The molecule has 2 saturated heterocycles. The average Bonchev–Trinajstić information content (AvgIpc) is 2.47. The molecule has 2 fully saturated rings. The standard InChI is InChI=1S/C18H29N3O/c1-4-18(2,3)11-15-5-6-17(19-12-15)21-9-7-20(8-10-21)16-13-22-14-16/h5-6,12,16H,4,7-11,13-14H2,1-3H3. The van der Waals surface area contributed by atoms with Crippen molar-refractivity contribution in [3.05, 3.63) is 23.9 Å². The van der Waals surface area contributed by atoms with Gasteiger partial charge in [-0.05, 0) is 23.5 Å². The van der Waals surface area contributed by atoms with E-state index in [1.165, 1.54) is 12.0 Å². The van der Waals surface area contributed by atoms with Crippen LogP contribution in [0.1, 0.15) is 32.8 Å². The number of piperazine rings is 1. The predicted octanol–water partition coefficient (Wildman–Crippen LogP) is 2.58. The van der Waals surface area contributed by atoms with E-state index in [1.807, 2.05) is 0 Å². The largest absolute Gasteiger partial charge is 0.378 e. The quantitative estimate of drug-likeness (QED) is 0.836. The molecule has 0 spiro atoms. The number of nitrogens with zero attached hydrogens (tertiary/aromatic N) is 3. The molecule has 0 bridgehead atoms. The van der Waals surface area contributed by atoms with Crippen LogP contribution in [-0.2, 0) is 11.2 Å². The van der Waals surface area contributed by atoms with E-state index in [0.717, 1.165) is 51.6 Å². The number of hydrogen-bond acceptors (Lipinski definition) is 4. The SMILES string of the molecule is CCC(C)(C)Cc1ccc(N2CCN(C3COC3)CC2)nc1. The van der Waals surface area contributed by atoms with Crippen LogP contribution in [0.5, 0.6) is 0 Å². The molecule has 4 nitrogen and oxygen atoms in total. The lowest BCUT2D eigenvalue weighted by atomic mass is 9.84. The third kappa shape index (κ3) is 3.61. The van der Waals surface area contributed by atoms with Crippen molar-refractivity contribution in [1.29, 1.82) is 0 Å². The normalized spacial score (nSPS) is 21.0. The summed E-state index contributed by atoms with van der Waals surface area (Å²) in [6.45, 7) is 13.1. The van der Waals surface area contributed by atoms with Gasteiger partial charge in [-0.25, -0.2) is 4.98 Å². The average molecular weight is 303 g/mol. The molecule has 0 aromatic carbocycles. The first kappa shape index (κ1) is 15.8. The fourth-order valence-electron chi connectivity index (χ4n) is 3.14. The van der Waals surface area contributed by atoms with E-state index < -0.39 is 0 Å². The summed E-state index contributed by atoms with van der Waals surface area (Å²) < 4.78 is 5.29. The first-order valence-corrected chi connectivity index (χ1v) is 8.59. The highest BCUT2D eigenvalue weighted by Gasteiger charge is 2.29. The van der Waals surface area contributed by atoms with Crippen molar-refractivity contribution < 1.29 is 4.74 Å². The Morgan fingerprint density at radius 1 is 1.18 bits per heavy atom. The van der Waals surface area contributed by atoms with Gasteiger partial charge in [0.15, 0.2) is 0 Å². The van der Waals surface area contributed by atoms with Crippen molar-refractivity contribution in [2.45, 2.75) is 39.7 Å². The second-order valence-electron chi connectivity index (χ2n) is 7.43. The van der Waals surface area contributed by atoms with Gasteiger partial charge in [-0.1, -0.05) is 33.3 Å². The van der Waals surface area contributed by atoms with E-state index in [9.17, 15) is 0 Å². The second kappa shape index (κ2) is 6.55. The van der Waals surface area contributed by atoms with Crippen molar-refractivity contribution >= 4 is 5.82 Å². The second-order valence-corrected chi connectivity index (χ2v) is 7.43. The lowest BCUT2D eigenvalue weighted by molar-refractivity contribution is -0.0661. The zero-order valence-corrected chi connectivity index (χ0v) is 14.2. The number of ether oxygens (including phenoxy) is 1. The van der Waals surface area contributed by atoms with Gasteiger partial charge in [0.25, 0.3) is 0 Å². The fraction of sp³-hybridized carbons (Fsp3) is 0.722. The van der Waals surface area contributed by atoms with Crippen LogP contribution in [-0.4, -0.2) is 55.3 Å². The molecule has 3 rings (SSSR count). The molecule has 22 heavy (non-hydrogen) atoms. The zero-order valence-electron chi connectivity index (χ0n) is 14.2. The smallest absolute Gasteiger partial charge is 0.128 e. The van der Waals surface area contributed by atoms with Crippen LogP contribution in [0.4, 0.5) is 5.82 Å². The molecule has 0 radical (unpaired) electrons. The van der Waals surface area contributed by atoms with Gasteiger partial charge in [0.2, 0.25) is 0 Å². The Labute approximate surface area is 134 Å². The Balaban J connectivity index is 1.55. The third-order valence-corrected chi connectivity index (χ3v) is 5.22. The van der Waals surface area contributed by atoms with Crippen molar-refractivity contribution in [3.8, 4) is 0 Å². The van der Waals surface area contributed by atoms with Gasteiger partial charge < -0.3 is 9.64 Å². The van der Waals surface area contributed by atoms with E-state index in [4.69, 9.17) is 9.72 Å². The third-order valence-electron chi connectivity index (χ3n) is 5.22. The maximum Gasteiger partial charge on any atom is 0.128 e. The molecule has 2 aliphatic rings. The molecule has 0 amide bonds. The van der Waals surface area contributed by atoms with Gasteiger partial charge >= 0.3 is 0 Å². The van der Waals surface area contributed by atoms with Crippen LogP contribution in [0, 0.1) is 5.41 Å². The minimum Gasteiger partial charge on any atom is -0.378 e. The number of rotatable bonds is 5. The summed E-state index contributed by atoms with van der Waals surface area (Å²) in [4.78, 5) is 9.67. The van der Waals surface area contributed by atoms with E-state index in [2.05, 4.69) is 48.9 Å². The monoisotopic (exact) mass is 303 g/mol. The molecule has 3 heterocycles. The van der Waals surface area contributed by atoms with E-state index in [1.54, 1.807) is 0 Å². The first-order chi connectivity index (χ1) is 10.6. The molecule has 122 valence electrons. The fourth-order valence-corrected chi connectivity index (χ4v) is 3.14. The van der Waals surface area contributed by atoms with Gasteiger partial charge in [0.05, 0.1) is 19.3 Å².